The van der Waals surface area contributed by atoms with Crippen molar-refractivity contribution in [2.45, 2.75) is 44.0 Å². The van der Waals surface area contributed by atoms with Crippen LogP contribution in [0.2, 0.25) is 0 Å². The molecule has 0 aliphatic carbocycles. The molecule has 0 spiro atoms. The van der Waals surface area contributed by atoms with Gasteiger partial charge in [-0.3, -0.25) is 28.8 Å². The Bertz CT molecular complexity index is 1640. The van der Waals surface area contributed by atoms with Gasteiger partial charge in [0.25, 0.3) is 0 Å². The molecule has 0 heterocycles. The lowest BCUT2D eigenvalue weighted by Crippen LogP contribution is -2.59. The predicted molar refractivity (Wildman–Crippen MR) is 188 cm³/mol. The zero-order valence-corrected chi connectivity index (χ0v) is 28.3. The quantitative estimate of drug-likeness (QED) is 0.0710. The Balaban J connectivity index is 1.53. The van der Waals surface area contributed by atoms with Gasteiger partial charge in [0.15, 0.2) is 0 Å². The van der Waals surface area contributed by atoms with E-state index < -0.39 is 85.8 Å². The molecule has 0 unspecified atom stereocenters. The molecule has 0 aliphatic heterocycles. The smallest absolute Gasteiger partial charge is 0.407 e. The fourth-order valence-corrected chi connectivity index (χ4v) is 4.72. The SMILES string of the molecule is NC(=O)C[C@H](NC(=O)[C@H](CO)NC(=O)CNC(=O)CNC(=O)OCc1ccccc1)C(=O)N[C@@H](Cc1ccccc1)C(=O)NCCc1ccccc1. The molecule has 3 atom stereocenters. The highest BCUT2D eigenvalue weighted by atomic mass is 16.5. The number of aliphatic hydroxyl groups excluding tert-OH is 1. The van der Waals surface area contributed by atoms with Crippen molar-refractivity contribution in [1.29, 1.82) is 0 Å². The molecule has 0 aromatic heterocycles. The summed E-state index contributed by atoms with van der Waals surface area (Å²) in [6, 6.07) is 22.9. The Morgan fingerprint density at radius 1 is 0.596 bits per heavy atom. The second-order valence-electron chi connectivity index (χ2n) is 11.5. The number of hydrogen-bond acceptors (Lipinski definition) is 9. The summed E-state index contributed by atoms with van der Waals surface area (Å²) in [5.41, 5.74) is 7.82. The first-order chi connectivity index (χ1) is 25.0. The van der Waals surface area contributed by atoms with Gasteiger partial charge < -0.3 is 47.5 Å². The molecule has 0 aliphatic rings. The topological polar surface area (TPSA) is 247 Å². The maximum absolute atomic E-state index is 13.4. The van der Waals surface area contributed by atoms with Gasteiger partial charge in [-0.25, -0.2) is 4.79 Å². The van der Waals surface area contributed by atoms with Crippen LogP contribution in [0.5, 0.6) is 0 Å². The molecule has 7 amide bonds. The summed E-state index contributed by atoms with van der Waals surface area (Å²) >= 11 is 0. The number of amides is 7. The van der Waals surface area contributed by atoms with Crippen molar-refractivity contribution in [2.75, 3.05) is 26.2 Å². The minimum Gasteiger partial charge on any atom is -0.445 e. The van der Waals surface area contributed by atoms with Gasteiger partial charge in [0.1, 0.15) is 31.3 Å². The fraction of sp³-hybridized carbons (Fsp3) is 0.306. The Morgan fingerprint density at radius 3 is 1.73 bits per heavy atom. The number of hydrogen-bond donors (Lipinski definition) is 8. The number of ether oxygens (including phenoxy) is 1. The number of primary amides is 1. The highest BCUT2D eigenvalue weighted by molar-refractivity contribution is 5.97. The van der Waals surface area contributed by atoms with E-state index >= 15 is 0 Å². The number of nitrogens with one attached hydrogen (secondary N) is 6. The first kappa shape index (κ1) is 40.1. The average Bonchev–Trinajstić information content (AvgIpc) is 3.14. The van der Waals surface area contributed by atoms with Crippen LogP contribution in [-0.2, 0) is 53.0 Å². The van der Waals surface area contributed by atoms with E-state index in [0.29, 0.717) is 6.42 Å². The van der Waals surface area contributed by atoms with Gasteiger partial charge in [-0.2, -0.15) is 0 Å². The average molecular weight is 718 g/mol. The normalized spacial score (nSPS) is 12.2. The molecule has 0 saturated heterocycles. The van der Waals surface area contributed by atoms with E-state index in [1.807, 2.05) is 30.3 Å². The van der Waals surface area contributed by atoms with Crippen LogP contribution in [0.1, 0.15) is 23.1 Å². The number of aliphatic hydroxyl groups is 1. The van der Waals surface area contributed by atoms with Crippen LogP contribution in [0.3, 0.4) is 0 Å². The van der Waals surface area contributed by atoms with Crippen molar-refractivity contribution in [1.82, 2.24) is 31.9 Å². The summed E-state index contributed by atoms with van der Waals surface area (Å²) < 4.78 is 5.00. The molecule has 3 rings (SSSR count). The minimum atomic E-state index is -1.60. The zero-order valence-electron chi connectivity index (χ0n) is 28.3. The number of carbonyl (C=O) groups excluding carboxylic acids is 7. The zero-order chi connectivity index (χ0) is 37.7. The lowest BCUT2D eigenvalue weighted by atomic mass is 10.0. The van der Waals surface area contributed by atoms with Crippen molar-refractivity contribution in [2.24, 2.45) is 5.73 Å². The Hall–Kier alpha value is -6.29. The maximum atomic E-state index is 13.4. The van der Waals surface area contributed by atoms with E-state index in [2.05, 4.69) is 31.9 Å². The molecule has 0 radical (unpaired) electrons. The van der Waals surface area contributed by atoms with Gasteiger partial charge in [0, 0.05) is 13.0 Å². The molecule has 52 heavy (non-hydrogen) atoms. The van der Waals surface area contributed by atoms with Crippen molar-refractivity contribution < 1.29 is 43.4 Å². The molecule has 0 saturated carbocycles. The number of benzene rings is 3. The van der Waals surface area contributed by atoms with E-state index in [-0.39, 0.29) is 19.6 Å². The van der Waals surface area contributed by atoms with Crippen LogP contribution in [0.4, 0.5) is 4.79 Å². The second-order valence-corrected chi connectivity index (χ2v) is 11.5. The van der Waals surface area contributed by atoms with Gasteiger partial charge in [0.05, 0.1) is 19.6 Å². The Morgan fingerprint density at radius 2 is 1.13 bits per heavy atom. The summed E-state index contributed by atoms with van der Waals surface area (Å²) in [5.74, 6) is -5.03. The minimum absolute atomic E-state index is 0.0118. The largest absolute Gasteiger partial charge is 0.445 e. The molecule has 16 heteroatoms. The standard InChI is InChI=1S/C36H43N7O9/c37-30(45)19-28(34(49)42-27(18-25-12-6-2-7-13-25)33(48)38-17-16-24-10-4-1-5-11-24)43-35(50)29(22-44)41-32(47)21-39-31(46)20-40-36(51)52-23-26-14-8-3-9-15-26/h1-15,27-29,44H,16-23H2,(H2,37,45)(H,38,48)(H,39,46)(H,40,51)(H,41,47)(H,42,49)(H,43,50)/t27-,28-,29-/m0/s1. The monoisotopic (exact) mass is 717 g/mol. The van der Waals surface area contributed by atoms with E-state index in [1.54, 1.807) is 60.7 Å². The van der Waals surface area contributed by atoms with Crippen LogP contribution in [0, 0.1) is 0 Å². The molecule has 3 aromatic rings. The molecule has 276 valence electrons. The third-order valence-corrected chi connectivity index (χ3v) is 7.40. The van der Waals surface area contributed by atoms with E-state index in [9.17, 15) is 38.7 Å². The molecule has 3 aromatic carbocycles. The van der Waals surface area contributed by atoms with Crippen molar-refractivity contribution in [3.05, 3.63) is 108 Å². The van der Waals surface area contributed by atoms with E-state index in [4.69, 9.17) is 10.5 Å². The lowest BCUT2D eigenvalue weighted by molar-refractivity contribution is -0.135. The fourth-order valence-electron chi connectivity index (χ4n) is 4.72. The molecule has 9 N–H and O–H groups in total. The molecular weight excluding hydrogens is 674 g/mol. The van der Waals surface area contributed by atoms with Gasteiger partial charge in [-0.05, 0) is 23.1 Å². The van der Waals surface area contributed by atoms with E-state index in [1.165, 1.54) is 0 Å². The highest BCUT2D eigenvalue weighted by Gasteiger charge is 2.30. The third-order valence-electron chi connectivity index (χ3n) is 7.40. The number of alkyl carbamates (subject to hydrolysis) is 1. The van der Waals surface area contributed by atoms with Crippen molar-refractivity contribution in [3.63, 3.8) is 0 Å². The molecular formula is C36H43N7O9. The maximum Gasteiger partial charge on any atom is 0.407 e. The van der Waals surface area contributed by atoms with Gasteiger partial charge in [0.2, 0.25) is 35.4 Å². The molecule has 0 bridgehead atoms. The Kier molecular flexibility index (Phi) is 16.8. The van der Waals surface area contributed by atoms with Gasteiger partial charge in [-0.1, -0.05) is 91.0 Å². The van der Waals surface area contributed by atoms with E-state index in [0.717, 1.165) is 16.7 Å². The first-order valence-corrected chi connectivity index (χ1v) is 16.4. The first-order valence-electron chi connectivity index (χ1n) is 16.4. The van der Waals surface area contributed by atoms with Crippen molar-refractivity contribution in [3.8, 4) is 0 Å². The highest BCUT2D eigenvalue weighted by Crippen LogP contribution is 2.06. The van der Waals surface area contributed by atoms with Crippen LogP contribution in [-0.4, -0.2) is 91.0 Å². The molecule has 0 fully saturated rings. The second kappa shape index (κ2) is 21.7. The van der Waals surface area contributed by atoms with Crippen LogP contribution in [0.25, 0.3) is 0 Å². The number of nitrogens with two attached hydrogens (primary N) is 1. The van der Waals surface area contributed by atoms with Crippen LogP contribution in [0.15, 0.2) is 91.0 Å². The summed E-state index contributed by atoms with van der Waals surface area (Å²) in [7, 11) is 0. The summed E-state index contributed by atoms with van der Waals surface area (Å²) in [6.45, 7) is -1.78. The summed E-state index contributed by atoms with van der Waals surface area (Å²) in [4.78, 5) is 87.9. The predicted octanol–water partition coefficient (Wildman–Crippen LogP) is -1.05. The van der Waals surface area contributed by atoms with Crippen molar-refractivity contribution >= 4 is 41.5 Å². The van der Waals surface area contributed by atoms with Crippen LogP contribution >= 0.6 is 0 Å². The van der Waals surface area contributed by atoms with Crippen LogP contribution < -0.4 is 37.6 Å². The number of carbonyl (C=O) groups is 7. The Labute approximate surface area is 300 Å². The summed E-state index contributed by atoms with van der Waals surface area (Å²) in [6.07, 6.45) is -0.886. The molecule has 16 nitrogen and oxygen atoms in total. The number of rotatable bonds is 20. The third kappa shape index (κ3) is 15.1. The van der Waals surface area contributed by atoms with Gasteiger partial charge >= 0.3 is 6.09 Å². The van der Waals surface area contributed by atoms with Gasteiger partial charge in [-0.15, -0.1) is 0 Å². The summed E-state index contributed by atoms with van der Waals surface area (Å²) in [5, 5.41) is 24.2. The lowest BCUT2D eigenvalue weighted by Gasteiger charge is -2.24.